The van der Waals surface area contributed by atoms with E-state index in [1.54, 1.807) is 0 Å². The van der Waals surface area contributed by atoms with Crippen LogP contribution in [0.4, 0.5) is 0 Å². The number of halogens is 4. The Morgan fingerprint density at radius 1 is 0.667 bits per heavy atom. The fraction of sp³-hybridized carbons (Fsp3) is 0. The third kappa shape index (κ3) is 25.0. The molecule has 0 aromatic heterocycles. The van der Waals surface area contributed by atoms with Crippen molar-refractivity contribution in [3.8, 4) is 0 Å². The molecule has 0 aliphatic carbocycles. The Kier molecular flexibility index (Phi) is 325. The standard InChI is InChI=1S/ClH2.3ClH.K.Na/h1H2;3*1H;;/q+1;;;;2*+1/p-3. The summed E-state index contributed by atoms with van der Waals surface area (Å²) in [5, 5.41) is 0. The molecule has 0 fully saturated rings. The number of hydrogen-bond donors (Lipinski definition) is 0. The molecule has 6 heavy (non-hydrogen) atoms. The molecule has 0 aliphatic rings. The van der Waals surface area contributed by atoms with Crippen molar-refractivity contribution in [3.05, 3.63) is 0 Å². The van der Waals surface area contributed by atoms with Crippen molar-refractivity contribution in [2.45, 2.75) is 0 Å². The molecule has 0 N–H and O–H groups in total. The van der Waals surface area contributed by atoms with Gasteiger partial charge in [-0.15, -0.1) is 0 Å². The average Bonchev–Trinajstić information content (AvgIpc) is 0. The van der Waals surface area contributed by atoms with Gasteiger partial charge < -0.3 is 37.2 Å². The van der Waals surface area contributed by atoms with Crippen LogP contribution >= 0.6 is 0 Å². The van der Waals surface area contributed by atoms with Gasteiger partial charge in [0.2, 0.25) is 0 Å². The van der Waals surface area contributed by atoms with Crippen LogP contribution < -0.4 is 118 Å². The Labute approximate surface area is 127 Å². The van der Waals surface area contributed by atoms with Crippen LogP contribution in [0.2, 0.25) is 0 Å². The van der Waals surface area contributed by atoms with Crippen molar-refractivity contribution in [3.63, 3.8) is 0 Å². The van der Waals surface area contributed by atoms with Crippen LogP contribution in [0.5, 0.6) is 0 Å². The monoisotopic (exact) mass is 204 g/mol. The largest absolute Gasteiger partial charge is 1.00 e. The number of rotatable bonds is 0. The van der Waals surface area contributed by atoms with E-state index < -0.39 is 0 Å². The van der Waals surface area contributed by atoms with Gasteiger partial charge >= 0.3 is 80.9 Å². The van der Waals surface area contributed by atoms with E-state index in [9.17, 15) is 0 Å². The summed E-state index contributed by atoms with van der Waals surface area (Å²) >= 11 is 0. The Hall–Kier alpha value is 3.80. The first kappa shape index (κ1) is 52.6. The van der Waals surface area contributed by atoms with Gasteiger partial charge in [0.25, 0.3) is 0 Å². The minimum Gasteiger partial charge on any atom is -1.00 e. The predicted octanol–water partition coefficient (Wildman–Crippen LogP) is -15.5. The van der Waals surface area contributed by atoms with Gasteiger partial charge in [-0.3, -0.25) is 0 Å². The SMILES string of the molecule is [Cl-].[Cl-].[Cl-].[ClH2+].[K+].[Na+]. The molecule has 0 unspecified atom stereocenters. The van der Waals surface area contributed by atoms with Crippen LogP contribution in [0.1, 0.15) is 0 Å². The topological polar surface area (TPSA) is 0 Å². The van der Waals surface area contributed by atoms with Crippen molar-refractivity contribution < 1.29 is 131 Å². The third-order valence-electron chi connectivity index (χ3n) is 0. The molecule has 0 amide bonds. The molecule has 32 valence electrons. The van der Waals surface area contributed by atoms with Crippen molar-refractivity contribution in [1.29, 1.82) is 0 Å². The zero-order chi connectivity index (χ0) is 0. The second-order valence-electron chi connectivity index (χ2n) is 0. The average molecular weight is 206 g/mol. The maximum atomic E-state index is 0. The Balaban J connectivity index is 0. The minimum absolute atomic E-state index is 0. The van der Waals surface area contributed by atoms with Gasteiger partial charge in [-0.2, -0.15) is 0 Å². The molecule has 0 nitrogen and oxygen atoms in total. The molecule has 0 spiro atoms. The number of hydrogen-bond acceptors (Lipinski definition) is 0. The van der Waals surface area contributed by atoms with Gasteiger partial charge in [-0.1, -0.05) is 0 Å². The van der Waals surface area contributed by atoms with E-state index in [0.29, 0.717) is 0 Å². The zero-order valence-corrected chi connectivity index (χ0v) is 11.9. The molecular formula is H2Cl4KNa. The maximum absolute atomic E-state index is 0. The Morgan fingerprint density at radius 3 is 0.667 bits per heavy atom. The second kappa shape index (κ2) is 37.1. The van der Waals surface area contributed by atoms with Crippen LogP contribution in [0, 0.1) is 12.4 Å². The fourth-order valence-corrected chi connectivity index (χ4v) is 0. The molecule has 0 aromatic carbocycles. The van der Waals surface area contributed by atoms with Crippen LogP contribution in [0.25, 0.3) is 0 Å². The molecule has 0 atom stereocenters. The maximum Gasteiger partial charge on any atom is 1.00 e. The summed E-state index contributed by atoms with van der Waals surface area (Å²) in [4.78, 5) is 0. The molecule has 0 bridgehead atoms. The summed E-state index contributed by atoms with van der Waals surface area (Å²) in [5.41, 5.74) is 0. The molecular weight excluding hydrogens is 204 g/mol. The second-order valence-corrected chi connectivity index (χ2v) is 0. The first-order chi connectivity index (χ1) is 0. The summed E-state index contributed by atoms with van der Waals surface area (Å²) in [6.45, 7) is 0. The van der Waals surface area contributed by atoms with Gasteiger partial charge in [0, 0.05) is 0 Å². The summed E-state index contributed by atoms with van der Waals surface area (Å²) in [6, 6.07) is 0. The molecule has 0 saturated carbocycles. The zero-order valence-electron chi connectivity index (χ0n) is 3.58. The fourth-order valence-electron chi connectivity index (χ4n) is 0. The summed E-state index contributed by atoms with van der Waals surface area (Å²) in [7, 11) is 0. The first-order valence-corrected chi connectivity index (χ1v) is 0. The van der Waals surface area contributed by atoms with Crippen LogP contribution in [0.15, 0.2) is 0 Å². The van der Waals surface area contributed by atoms with Gasteiger partial charge in [0.1, 0.15) is 0 Å². The summed E-state index contributed by atoms with van der Waals surface area (Å²) in [5.74, 6) is 0. The van der Waals surface area contributed by atoms with Crippen molar-refractivity contribution >= 4 is 0 Å². The van der Waals surface area contributed by atoms with Crippen molar-refractivity contribution in [1.82, 2.24) is 0 Å². The van der Waals surface area contributed by atoms with E-state index in [1.807, 2.05) is 0 Å². The minimum atomic E-state index is 0. The molecule has 0 heterocycles. The summed E-state index contributed by atoms with van der Waals surface area (Å²) in [6.07, 6.45) is 0. The van der Waals surface area contributed by atoms with Crippen LogP contribution in [0.3, 0.4) is 0 Å². The van der Waals surface area contributed by atoms with E-state index in [4.69, 9.17) is 0 Å². The van der Waals surface area contributed by atoms with E-state index in [1.165, 1.54) is 0 Å². The van der Waals surface area contributed by atoms with Gasteiger partial charge in [0.05, 0.1) is 12.4 Å². The van der Waals surface area contributed by atoms with Crippen molar-refractivity contribution in [2.75, 3.05) is 0 Å². The molecule has 0 aliphatic heterocycles. The van der Waals surface area contributed by atoms with Crippen LogP contribution in [-0.4, -0.2) is 0 Å². The van der Waals surface area contributed by atoms with Gasteiger partial charge in [-0.05, 0) is 0 Å². The van der Waals surface area contributed by atoms with E-state index in [0.717, 1.165) is 0 Å². The predicted molar refractivity (Wildman–Crippen MR) is 2.79 cm³/mol. The Bertz CT molecular complexity index is 7.51. The van der Waals surface area contributed by atoms with E-state index in [-0.39, 0.29) is 131 Å². The first-order valence-electron chi connectivity index (χ1n) is 0. The quantitative estimate of drug-likeness (QED) is 0.345. The molecule has 0 aromatic rings. The molecule has 0 radical (unpaired) electrons. The third-order valence-corrected chi connectivity index (χ3v) is 0. The Morgan fingerprint density at radius 2 is 0.667 bits per heavy atom. The molecule has 0 rings (SSSR count). The molecule has 0 saturated heterocycles. The van der Waals surface area contributed by atoms with Gasteiger partial charge in [0.15, 0.2) is 0 Å². The van der Waals surface area contributed by atoms with Gasteiger partial charge in [-0.25, -0.2) is 0 Å². The molecule has 6 heteroatoms. The van der Waals surface area contributed by atoms with Crippen LogP contribution in [-0.2, 0) is 0 Å². The van der Waals surface area contributed by atoms with Crippen molar-refractivity contribution in [2.24, 2.45) is 0 Å². The summed E-state index contributed by atoms with van der Waals surface area (Å²) < 4.78 is 0. The van der Waals surface area contributed by atoms with E-state index >= 15 is 0 Å². The van der Waals surface area contributed by atoms with E-state index in [2.05, 4.69) is 0 Å². The normalized spacial score (nSPS) is 0. The smallest absolute Gasteiger partial charge is 1.00 e.